The molecule has 0 atom stereocenters. The first kappa shape index (κ1) is 10.9. The summed E-state index contributed by atoms with van der Waals surface area (Å²) in [6.45, 7) is 0.501. The normalized spacial score (nSPS) is 10.9. The van der Waals surface area contributed by atoms with Crippen LogP contribution in [0.3, 0.4) is 0 Å². The molecule has 0 aliphatic rings. The van der Waals surface area contributed by atoms with Gasteiger partial charge in [0, 0.05) is 6.20 Å². The molecule has 0 saturated carbocycles. The molecule has 17 heavy (non-hydrogen) atoms. The Balaban J connectivity index is 1.81. The summed E-state index contributed by atoms with van der Waals surface area (Å²) in [5.74, 6) is 1.20. The molecule has 0 aliphatic heterocycles. The maximum absolute atomic E-state index is 5.18. The lowest BCUT2D eigenvalue weighted by molar-refractivity contribution is 0.366. The van der Waals surface area contributed by atoms with Crippen LogP contribution in [-0.2, 0) is 6.54 Å². The van der Waals surface area contributed by atoms with Crippen LogP contribution in [-0.4, -0.2) is 19.9 Å². The molecule has 0 fully saturated rings. The highest BCUT2D eigenvalue weighted by Crippen LogP contribution is 2.21. The minimum Gasteiger partial charge on any atom is -0.337 e. The van der Waals surface area contributed by atoms with Crippen molar-refractivity contribution >= 4 is 33.9 Å². The second-order valence-electron chi connectivity index (χ2n) is 3.35. The van der Waals surface area contributed by atoms with Gasteiger partial charge in [0.2, 0.25) is 11.7 Å². The number of nitrogens with zero attached hydrogens (tertiary/aromatic N) is 4. The second-order valence-corrected chi connectivity index (χ2v) is 5.54. The Bertz CT molecular complexity index is 616. The molecule has 3 heterocycles. The van der Waals surface area contributed by atoms with E-state index in [2.05, 4.69) is 37.8 Å². The van der Waals surface area contributed by atoms with Crippen LogP contribution in [0, 0.1) is 3.57 Å². The zero-order valence-electron chi connectivity index (χ0n) is 8.58. The molecule has 0 radical (unpaired) electrons. The van der Waals surface area contributed by atoms with Crippen LogP contribution in [0.25, 0.3) is 10.7 Å². The summed E-state index contributed by atoms with van der Waals surface area (Å²) >= 11 is 3.80. The summed E-state index contributed by atoms with van der Waals surface area (Å²) in [4.78, 5) is 5.34. The van der Waals surface area contributed by atoms with Crippen LogP contribution in [0.4, 0.5) is 0 Å². The number of rotatable bonds is 3. The van der Waals surface area contributed by atoms with E-state index < -0.39 is 0 Å². The van der Waals surface area contributed by atoms with Gasteiger partial charge in [0.15, 0.2) is 0 Å². The van der Waals surface area contributed by atoms with Gasteiger partial charge in [-0.05, 0) is 34.0 Å². The van der Waals surface area contributed by atoms with Crippen molar-refractivity contribution in [2.75, 3.05) is 0 Å². The topological polar surface area (TPSA) is 56.7 Å². The average Bonchev–Trinajstić information content (AvgIpc) is 3.00. The minimum absolute atomic E-state index is 0.501. The summed E-state index contributed by atoms with van der Waals surface area (Å²) in [6, 6.07) is 3.93. The summed E-state index contributed by atoms with van der Waals surface area (Å²) < 4.78 is 8.04. The average molecular weight is 358 g/mol. The Hall–Kier alpha value is -1.22. The molecule has 0 unspecified atom stereocenters. The summed E-state index contributed by atoms with van der Waals surface area (Å²) in [7, 11) is 0. The van der Waals surface area contributed by atoms with Crippen LogP contribution < -0.4 is 0 Å². The van der Waals surface area contributed by atoms with Crippen molar-refractivity contribution < 1.29 is 4.52 Å². The Kier molecular flexibility index (Phi) is 2.93. The number of thiophene rings is 1. The third-order valence-electron chi connectivity index (χ3n) is 2.11. The van der Waals surface area contributed by atoms with Crippen molar-refractivity contribution in [3.05, 3.63) is 39.4 Å². The highest BCUT2D eigenvalue weighted by molar-refractivity contribution is 14.1. The van der Waals surface area contributed by atoms with Gasteiger partial charge in [0.05, 0.1) is 14.6 Å². The largest absolute Gasteiger partial charge is 0.337 e. The van der Waals surface area contributed by atoms with Crippen molar-refractivity contribution in [3.63, 3.8) is 0 Å². The van der Waals surface area contributed by atoms with E-state index in [0.717, 1.165) is 8.45 Å². The maximum atomic E-state index is 5.18. The first-order chi connectivity index (χ1) is 8.31. The molecule has 0 spiro atoms. The monoisotopic (exact) mass is 358 g/mol. The predicted molar refractivity (Wildman–Crippen MR) is 71.7 cm³/mol. The lowest BCUT2D eigenvalue weighted by Crippen LogP contribution is -1.99. The van der Waals surface area contributed by atoms with E-state index in [1.165, 1.54) is 0 Å². The minimum atomic E-state index is 0.501. The van der Waals surface area contributed by atoms with Gasteiger partial charge in [-0.2, -0.15) is 10.1 Å². The van der Waals surface area contributed by atoms with Gasteiger partial charge in [0.1, 0.15) is 6.54 Å². The third-order valence-corrected chi connectivity index (χ3v) is 3.53. The number of aromatic nitrogens is 4. The van der Waals surface area contributed by atoms with E-state index in [4.69, 9.17) is 4.52 Å². The lowest BCUT2D eigenvalue weighted by atomic mass is 10.4. The van der Waals surface area contributed by atoms with Crippen LogP contribution in [0.1, 0.15) is 5.89 Å². The molecule has 0 amide bonds. The molecule has 0 N–H and O–H groups in total. The zero-order chi connectivity index (χ0) is 11.7. The van der Waals surface area contributed by atoms with Crippen molar-refractivity contribution in [2.24, 2.45) is 0 Å². The lowest BCUT2D eigenvalue weighted by Gasteiger charge is -1.93. The van der Waals surface area contributed by atoms with E-state index in [1.54, 1.807) is 22.2 Å². The number of hydrogen-bond acceptors (Lipinski definition) is 5. The summed E-state index contributed by atoms with van der Waals surface area (Å²) in [6.07, 6.45) is 3.71. The fourth-order valence-corrected chi connectivity index (χ4v) is 2.48. The highest BCUT2D eigenvalue weighted by atomic mass is 127. The summed E-state index contributed by atoms with van der Waals surface area (Å²) in [5.41, 5.74) is 0. The Morgan fingerprint density at radius 3 is 3.12 bits per heavy atom. The van der Waals surface area contributed by atoms with Crippen molar-refractivity contribution in [1.82, 2.24) is 19.9 Å². The molecule has 5 nitrogen and oxygen atoms in total. The number of hydrogen-bond donors (Lipinski definition) is 0. The molecule has 86 valence electrons. The second kappa shape index (κ2) is 4.57. The fraction of sp³-hybridized carbons (Fsp3) is 0.100. The van der Waals surface area contributed by atoms with Crippen molar-refractivity contribution in [2.45, 2.75) is 6.54 Å². The van der Waals surface area contributed by atoms with Crippen LogP contribution in [0.15, 0.2) is 34.4 Å². The van der Waals surface area contributed by atoms with Gasteiger partial charge in [-0.15, -0.1) is 11.3 Å². The first-order valence-corrected chi connectivity index (χ1v) is 6.81. The van der Waals surface area contributed by atoms with E-state index in [1.807, 2.05) is 23.7 Å². The van der Waals surface area contributed by atoms with Crippen LogP contribution in [0.5, 0.6) is 0 Å². The van der Waals surface area contributed by atoms with E-state index in [9.17, 15) is 0 Å². The number of halogens is 1. The zero-order valence-corrected chi connectivity index (χ0v) is 11.6. The molecule has 0 aliphatic carbocycles. The molecule has 3 aromatic heterocycles. The van der Waals surface area contributed by atoms with Gasteiger partial charge in [-0.3, -0.25) is 4.68 Å². The van der Waals surface area contributed by atoms with Crippen molar-refractivity contribution in [1.29, 1.82) is 0 Å². The first-order valence-electron chi connectivity index (χ1n) is 4.86. The maximum Gasteiger partial charge on any atom is 0.248 e. The molecule has 0 aromatic carbocycles. The van der Waals surface area contributed by atoms with Gasteiger partial charge >= 0.3 is 0 Å². The fourth-order valence-electron chi connectivity index (χ4n) is 1.39. The van der Waals surface area contributed by atoms with Crippen molar-refractivity contribution in [3.8, 4) is 10.7 Å². The molecule has 0 bridgehead atoms. The molecule has 0 saturated heterocycles. The van der Waals surface area contributed by atoms with E-state index in [-0.39, 0.29) is 0 Å². The summed E-state index contributed by atoms with van der Waals surface area (Å²) in [5, 5.41) is 10.1. The van der Waals surface area contributed by atoms with Gasteiger partial charge in [-0.1, -0.05) is 11.2 Å². The van der Waals surface area contributed by atoms with Gasteiger partial charge < -0.3 is 4.52 Å². The molecular formula is C10H7IN4OS. The van der Waals surface area contributed by atoms with Crippen LogP contribution >= 0.6 is 33.9 Å². The Labute approximate surface area is 115 Å². The molecular weight excluding hydrogens is 351 g/mol. The Morgan fingerprint density at radius 1 is 1.47 bits per heavy atom. The SMILES string of the molecule is Ic1cnn(Cc2nc(-c3cccs3)no2)c1. The quantitative estimate of drug-likeness (QED) is 0.676. The van der Waals surface area contributed by atoms with E-state index >= 15 is 0 Å². The highest BCUT2D eigenvalue weighted by Gasteiger charge is 2.09. The molecule has 3 aromatic rings. The third kappa shape index (κ3) is 2.39. The van der Waals surface area contributed by atoms with E-state index in [0.29, 0.717) is 18.3 Å². The smallest absolute Gasteiger partial charge is 0.248 e. The standard InChI is InChI=1S/C10H7IN4OS/c11-7-4-12-15(5-7)6-9-13-10(14-16-9)8-2-1-3-17-8/h1-5H,6H2. The van der Waals surface area contributed by atoms with Crippen LogP contribution in [0.2, 0.25) is 0 Å². The van der Waals surface area contributed by atoms with Gasteiger partial charge in [-0.25, -0.2) is 0 Å². The molecule has 3 rings (SSSR count). The molecule has 7 heteroatoms. The predicted octanol–water partition coefficient (Wildman–Crippen LogP) is 2.65. The Morgan fingerprint density at radius 2 is 2.41 bits per heavy atom. The van der Waals surface area contributed by atoms with Gasteiger partial charge in [0.25, 0.3) is 0 Å².